The number of nitrogens with zero attached hydrogens (tertiary/aromatic N) is 1. The standard InChI is InChI=1S/C20H21N3O3S/c1-3-15-4-11-19(12-5-15)27(24,25)23-20-13-8-17(14-21-20)22-16-6-9-18(26-2)10-7-16/h4-14,22H,3H2,1-2H3,(H,21,23). The van der Waals surface area contributed by atoms with Crippen LogP contribution in [0, 0.1) is 0 Å². The second-order valence-corrected chi connectivity index (χ2v) is 7.57. The van der Waals surface area contributed by atoms with Gasteiger partial charge >= 0.3 is 0 Å². The van der Waals surface area contributed by atoms with Crippen LogP contribution in [-0.4, -0.2) is 20.5 Å². The van der Waals surface area contributed by atoms with E-state index in [1.54, 1.807) is 37.6 Å². The molecule has 0 spiro atoms. The summed E-state index contributed by atoms with van der Waals surface area (Å²) in [6.07, 6.45) is 2.43. The molecule has 0 aliphatic heterocycles. The molecule has 0 aliphatic rings. The third-order valence-electron chi connectivity index (χ3n) is 4.02. The number of nitrogens with one attached hydrogen (secondary N) is 2. The molecule has 3 rings (SSSR count). The van der Waals surface area contributed by atoms with Gasteiger partial charge < -0.3 is 10.1 Å². The van der Waals surface area contributed by atoms with Crippen molar-refractivity contribution in [3.8, 4) is 5.75 Å². The maximum atomic E-state index is 12.5. The van der Waals surface area contributed by atoms with Gasteiger partial charge in [0.1, 0.15) is 11.6 Å². The zero-order chi connectivity index (χ0) is 19.3. The van der Waals surface area contributed by atoms with E-state index in [2.05, 4.69) is 15.0 Å². The van der Waals surface area contributed by atoms with Crippen molar-refractivity contribution in [3.05, 3.63) is 72.4 Å². The molecule has 0 fully saturated rings. The van der Waals surface area contributed by atoms with Crippen LogP contribution in [0.1, 0.15) is 12.5 Å². The van der Waals surface area contributed by atoms with Gasteiger partial charge in [0.2, 0.25) is 0 Å². The summed E-state index contributed by atoms with van der Waals surface area (Å²) in [6, 6.07) is 17.7. The van der Waals surface area contributed by atoms with Crippen LogP contribution in [0.4, 0.5) is 17.2 Å². The van der Waals surface area contributed by atoms with Gasteiger partial charge in [-0.25, -0.2) is 13.4 Å². The molecule has 0 radical (unpaired) electrons. The van der Waals surface area contributed by atoms with Crippen LogP contribution in [0.25, 0.3) is 0 Å². The van der Waals surface area contributed by atoms with E-state index in [0.717, 1.165) is 29.1 Å². The molecule has 0 saturated heterocycles. The van der Waals surface area contributed by atoms with E-state index in [0.29, 0.717) is 0 Å². The van der Waals surface area contributed by atoms with Gasteiger partial charge in [-0.2, -0.15) is 0 Å². The number of hydrogen-bond acceptors (Lipinski definition) is 5. The molecule has 0 bridgehead atoms. The van der Waals surface area contributed by atoms with E-state index < -0.39 is 10.0 Å². The first-order valence-corrected chi connectivity index (χ1v) is 9.97. The second kappa shape index (κ2) is 8.09. The highest BCUT2D eigenvalue weighted by Crippen LogP contribution is 2.21. The number of pyridine rings is 1. The molecule has 2 aromatic carbocycles. The van der Waals surface area contributed by atoms with E-state index >= 15 is 0 Å². The Morgan fingerprint density at radius 1 is 0.926 bits per heavy atom. The molecule has 27 heavy (non-hydrogen) atoms. The number of rotatable bonds is 7. The molecule has 0 saturated carbocycles. The number of hydrogen-bond donors (Lipinski definition) is 2. The lowest BCUT2D eigenvalue weighted by molar-refractivity contribution is 0.415. The largest absolute Gasteiger partial charge is 0.497 e. The topological polar surface area (TPSA) is 80.3 Å². The third kappa shape index (κ3) is 4.77. The molecule has 0 unspecified atom stereocenters. The molecule has 0 amide bonds. The summed E-state index contributed by atoms with van der Waals surface area (Å²) in [7, 11) is -2.05. The fourth-order valence-electron chi connectivity index (χ4n) is 2.47. The van der Waals surface area contributed by atoms with Crippen molar-refractivity contribution in [1.82, 2.24) is 4.98 Å². The molecular weight excluding hydrogens is 362 g/mol. The van der Waals surface area contributed by atoms with Gasteiger partial charge in [0, 0.05) is 5.69 Å². The first kappa shape index (κ1) is 18.7. The van der Waals surface area contributed by atoms with E-state index in [1.807, 2.05) is 43.3 Å². The third-order valence-corrected chi connectivity index (χ3v) is 5.39. The summed E-state index contributed by atoms with van der Waals surface area (Å²) < 4.78 is 32.5. The van der Waals surface area contributed by atoms with Crippen molar-refractivity contribution in [1.29, 1.82) is 0 Å². The van der Waals surface area contributed by atoms with Crippen molar-refractivity contribution in [3.63, 3.8) is 0 Å². The molecule has 3 aromatic rings. The fourth-order valence-corrected chi connectivity index (χ4v) is 3.48. The van der Waals surface area contributed by atoms with Gasteiger partial charge in [0.25, 0.3) is 10.0 Å². The van der Waals surface area contributed by atoms with Gasteiger partial charge in [0.15, 0.2) is 0 Å². The second-order valence-electron chi connectivity index (χ2n) is 5.89. The van der Waals surface area contributed by atoms with Crippen molar-refractivity contribution >= 4 is 27.2 Å². The molecule has 6 nitrogen and oxygen atoms in total. The summed E-state index contributed by atoms with van der Waals surface area (Å²) in [4.78, 5) is 4.39. The summed E-state index contributed by atoms with van der Waals surface area (Å²) >= 11 is 0. The lowest BCUT2D eigenvalue weighted by atomic mass is 10.2. The lowest BCUT2D eigenvalue weighted by Gasteiger charge is -2.10. The number of anilines is 3. The Bertz CT molecular complexity index is 984. The zero-order valence-electron chi connectivity index (χ0n) is 15.1. The lowest BCUT2D eigenvalue weighted by Crippen LogP contribution is -2.13. The van der Waals surface area contributed by atoms with Gasteiger partial charge in [-0.05, 0) is 60.5 Å². The smallest absolute Gasteiger partial charge is 0.263 e. The summed E-state index contributed by atoms with van der Waals surface area (Å²) in [5.41, 5.74) is 2.71. The van der Waals surface area contributed by atoms with E-state index in [9.17, 15) is 8.42 Å². The van der Waals surface area contributed by atoms with Crippen molar-refractivity contribution in [2.75, 3.05) is 17.1 Å². The zero-order valence-corrected chi connectivity index (χ0v) is 16.0. The van der Waals surface area contributed by atoms with Crippen LogP contribution in [-0.2, 0) is 16.4 Å². The molecule has 7 heteroatoms. The van der Waals surface area contributed by atoms with E-state index in [4.69, 9.17) is 4.74 Å². The van der Waals surface area contributed by atoms with Crippen LogP contribution >= 0.6 is 0 Å². The first-order valence-electron chi connectivity index (χ1n) is 8.49. The number of aryl methyl sites for hydroxylation is 1. The number of ether oxygens (including phenoxy) is 1. The van der Waals surface area contributed by atoms with E-state index in [1.165, 1.54) is 0 Å². The minimum atomic E-state index is -3.66. The average Bonchev–Trinajstić information content (AvgIpc) is 2.70. The number of methoxy groups -OCH3 is 1. The van der Waals surface area contributed by atoms with Crippen LogP contribution in [0.5, 0.6) is 5.75 Å². The quantitative estimate of drug-likeness (QED) is 0.639. The van der Waals surface area contributed by atoms with Crippen LogP contribution in [0.2, 0.25) is 0 Å². The molecule has 2 N–H and O–H groups in total. The Labute approximate surface area is 159 Å². The van der Waals surface area contributed by atoms with Gasteiger partial charge in [-0.15, -0.1) is 0 Å². The Kier molecular flexibility index (Phi) is 5.61. The van der Waals surface area contributed by atoms with Crippen molar-refractivity contribution < 1.29 is 13.2 Å². The number of benzene rings is 2. The Morgan fingerprint density at radius 3 is 2.15 bits per heavy atom. The molecule has 0 atom stereocenters. The molecule has 1 heterocycles. The SMILES string of the molecule is CCc1ccc(S(=O)(=O)Nc2ccc(Nc3ccc(OC)cc3)cn2)cc1. The minimum absolute atomic E-state index is 0.210. The van der Waals surface area contributed by atoms with Gasteiger partial charge in [-0.1, -0.05) is 19.1 Å². The average molecular weight is 383 g/mol. The van der Waals surface area contributed by atoms with Crippen LogP contribution < -0.4 is 14.8 Å². The van der Waals surface area contributed by atoms with Gasteiger partial charge in [0.05, 0.1) is 23.9 Å². The van der Waals surface area contributed by atoms with Crippen LogP contribution in [0.15, 0.2) is 71.8 Å². The first-order chi connectivity index (χ1) is 13.0. The summed E-state index contributed by atoms with van der Waals surface area (Å²) in [5, 5.41) is 3.19. The Balaban J connectivity index is 1.68. The molecule has 0 aliphatic carbocycles. The normalized spacial score (nSPS) is 11.0. The minimum Gasteiger partial charge on any atom is -0.497 e. The monoisotopic (exact) mass is 383 g/mol. The predicted octanol–water partition coefficient (Wildman–Crippen LogP) is 4.20. The van der Waals surface area contributed by atoms with Crippen molar-refractivity contribution in [2.45, 2.75) is 18.2 Å². The molecule has 140 valence electrons. The van der Waals surface area contributed by atoms with Crippen LogP contribution in [0.3, 0.4) is 0 Å². The Morgan fingerprint density at radius 2 is 1.59 bits per heavy atom. The molecular formula is C20H21N3O3S. The number of sulfonamides is 1. The van der Waals surface area contributed by atoms with Crippen molar-refractivity contribution in [2.24, 2.45) is 0 Å². The number of aromatic nitrogens is 1. The molecule has 1 aromatic heterocycles. The Hall–Kier alpha value is -3.06. The predicted molar refractivity (Wildman–Crippen MR) is 107 cm³/mol. The summed E-state index contributed by atoms with van der Waals surface area (Å²) in [6.45, 7) is 2.02. The van der Waals surface area contributed by atoms with E-state index in [-0.39, 0.29) is 10.7 Å². The maximum absolute atomic E-state index is 12.5. The highest BCUT2D eigenvalue weighted by atomic mass is 32.2. The highest BCUT2D eigenvalue weighted by Gasteiger charge is 2.14. The summed E-state index contributed by atoms with van der Waals surface area (Å²) in [5.74, 6) is 1.03. The maximum Gasteiger partial charge on any atom is 0.263 e. The van der Waals surface area contributed by atoms with Gasteiger partial charge in [-0.3, -0.25) is 4.72 Å². The highest BCUT2D eigenvalue weighted by molar-refractivity contribution is 7.92. The fraction of sp³-hybridized carbons (Fsp3) is 0.150.